The van der Waals surface area contributed by atoms with E-state index in [1.807, 2.05) is 18.2 Å². The van der Waals surface area contributed by atoms with Crippen molar-refractivity contribution in [2.24, 2.45) is 5.73 Å². The van der Waals surface area contributed by atoms with Crippen molar-refractivity contribution in [3.05, 3.63) is 53.2 Å². The van der Waals surface area contributed by atoms with E-state index in [0.717, 1.165) is 32.1 Å². The van der Waals surface area contributed by atoms with Crippen LogP contribution < -0.4 is 5.73 Å². The van der Waals surface area contributed by atoms with Crippen LogP contribution >= 0.6 is 0 Å². The number of unbranched alkanes of at least 4 members (excludes halogenated alkanes) is 3. The van der Waals surface area contributed by atoms with Gasteiger partial charge in [-0.3, -0.25) is 9.59 Å². The van der Waals surface area contributed by atoms with Gasteiger partial charge in [-0.2, -0.15) is 0 Å². The van der Waals surface area contributed by atoms with Gasteiger partial charge in [0.15, 0.2) is 0 Å². The number of carbonyl (C=O) groups excluding carboxylic acids is 2. The lowest BCUT2D eigenvalue weighted by molar-refractivity contribution is 0.0932. The molecule has 0 aliphatic rings. The molecule has 0 bridgehead atoms. The molecule has 0 saturated carbocycles. The number of primary amides is 1. The standard InChI is InChI=1S/C18H22N2O3/c1-13-16(17(19)22)23-18(20-13)15(21)12-8-3-2-5-9-14-10-6-4-7-11-14/h4,6-7,10-11H,2-3,5,8-9,12H2,1H3,(H2,19,22). The highest BCUT2D eigenvalue weighted by Gasteiger charge is 2.19. The summed E-state index contributed by atoms with van der Waals surface area (Å²) in [6.07, 6.45) is 5.42. The van der Waals surface area contributed by atoms with E-state index in [9.17, 15) is 9.59 Å². The second-order valence-corrected chi connectivity index (χ2v) is 5.62. The zero-order chi connectivity index (χ0) is 16.7. The van der Waals surface area contributed by atoms with E-state index >= 15 is 0 Å². The molecule has 1 heterocycles. The number of amides is 1. The quantitative estimate of drug-likeness (QED) is 0.567. The number of hydrogen-bond donors (Lipinski definition) is 1. The topological polar surface area (TPSA) is 86.2 Å². The first-order chi connectivity index (χ1) is 11.1. The number of ketones is 1. The first kappa shape index (κ1) is 16.9. The van der Waals surface area contributed by atoms with Crippen LogP contribution in [0.4, 0.5) is 0 Å². The summed E-state index contributed by atoms with van der Waals surface area (Å²) in [7, 11) is 0. The van der Waals surface area contributed by atoms with Gasteiger partial charge in [0.1, 0.15) is 0 Å². The molecule has 2 rings (SSSR count). The Labute approximate surface area is 135 Å². The highest BCUT2D eigenvalue weighted by atomic mass is 16.4. The number of rotatable bonds is 9. The van der Waals surface area contributed by atoms with Crippen LogP contribution in [0.25, 0.3) is 0 Å². The summed E-state index contributed by atoms with van der Waals surface area (Å²) in [6, 6.07) is 10.4. The zero-order valence-corrected chi connectivity index (χ0v) is 13.4. The van der Waals surface area contributed by atoms with Gasteiger partial charge in [0, 0.05) is 6.42 Å². The molecule has 23 heavy (non-hydrogen) atoms. The lowest BCUT2D eigenvalue weighted by atomic mass is 10.0. The number of carbonyl (C=O) groups is 2. The molecule has 0 aliphatic carbocycles. The Balaban J connectivity index is 1.67. The van der Waals surface area contributed by atoms with Gasteiger partial charge in [-0.15, -0.1) is 0 Å². The Morgan fingerprint density at radius 1 is 1.09 bits per heavy atom. The number of aromatic nitrogens is 1. The molecule has 5 nitrogen and oxygen atoms in total. The fraction of sp³-hybridized carbons (Fsp3) is 0.389. The molecule has 1 aromatic carbocycles. The molecule has 1 aromatic heterocycles. The number of hydrogen-bond acceptors (Lipinski definition) is 4. The van der Waals surface area contributed by atoms with E-state index in [1.54, 1.807) is 6.92 Å². The molecule has 5 heteroatoms. The third-order valence-corrected chi connectivity index (χ3v) is 3.72. The van der Waals surface area contributed by atoms with Crippen LogP contribution in [-0.4, -0.2) is 16.7 Å². The van der Waals surface area contributed by atoms with Crippen molar-refractivity contribution in [2.45, 2.75) is 45.4 Å². The van der Waals surface area contributed by atoms with Crippen LogP contribution in [0, 0.1) is 6.92 Å². The monoisotopic (exact) mass is 314 g/mol. The predicted octanol–water partition coefficient (Wildman–Crippen LogP) is 3.46. The van der Waals surface area contributed by atoms with E-state index in [0.29, 0.717) is 12.1 Å². The Morgan fingerprint density at radius 3 is 2.43 bits per heavy atom. The molecule has 2 aromatic rings. The summed E-state index contributed by atoms with van der Waals surface area (Å²) in [5, 5.41) is 0. The first-order valence-corrected chi connectivity index (χ1v) is 7.92. The third-order valence-electron chi connectivity index (χ3n) is 3.72. The summed E-state index contributed by atoms with van der Waals surface area (Å²) in [6.45, 7) is 1.60. The number of nitrogens with zero attached hydrogens (tertiary/aromatic N) is 1. The number of Topliss-reactive ketones (excluding diaryl/α,β-unsaturated/α-hetero) is 1. The van der Waals surface area contributed by atoms with Crippen molar-refractivity contribution in [3.63, 3.8) is 0 Å². The maximum atomic E-state index is 12.0. The molecule has 122 valence electrons. The van der Waals surface area contributed by atoms with Crippen LogP contribution in [-0.2, 0) is 6.42 Å². The van der Waals surface area contributed by atoms with Crippen LogP contribution in [0.15, 0.2) is 34.7 Å². The van der Waals surface area contributed by atoms with Crippen molar-refractivity contribution in [1.82, 2.24) is 4.98 Å². The summed E-state index contributed by atoms with van der Waals surface area (Å²) in [5.74, 6) is -0.921. The molecule has 0 unspecified atom stereocenters. The average molecular weight is 314 g/mol. The number of benzene rings is 1. The van der Waals surface area contributed by atoms with E-state index in [-0.39, 0.29) is 17.4 Å². The summed E-state index contributed by atoms with van der Waals surface area (Å²) in [5.41, 5.74) is 6.86. The Bertz CT molecular complexity index is 662. The summed E-state index contributed by atoms with van der Waals surface area (Å²) < 4.78 is 5.14. The number of oxazole rings is 1. The predicted molar refractivity (Wildman–Crippen MR) is 87.3 cm³/mol. The van der Waals surface area contributed by atoms with Gasteiger partial charge >= 0.3 is 0 Å². The lowest BCUT2D eigenvalue weighted by Gasteiger charge is -2.01. The second-order valence-electron chi connectivity index (χ2n) is 5.62. The normalized spacial score (nSPS) is 10.7. The molecular weight excluding hydrogens is 292 g/mol. The van der Waals surface area contributed by atoms with Crippen LogP contribution in [0.2, 0.25) is 0 Å². The highest BCUT2D eigenvalue weighted by molar-refractivity contribution is 5.95. The highest BCUT2D eigenvalue weighted by Crippen LogP contribution is 2.14. The minimum atomic E-state index is -0.699. The van der Waals surface area contributed by atoms with Gasteiger partial charge in [0.2, 0.25) is 11.5 Å². The van der Waals surface area contributed by atoms with Crippen molar-refractivity contribution in [1.29, 1.82) is 0 Å². The minimum absolute atomic E-state index is 0.0133. The Kier molecular flexibility index (Phi) is 6.09. The van der Waals surface area contributed by atoms with Gasteiger partial charge in [-0.1, -0.05) is 43.2 Å². The van der Waals surface area contributed by atoms with Gasteiger partial charge in [-0.25, -0.2) is 4.98 Å². The van der Waals surface area contributed by atoms with Gasteiger partial charge in [0.05, 0.1) is 5.69 Å². The molecule has 0 saturated heterocycles. The summed E-state index contributed by atoms with van der Waals surface area (Å²) >= 11 is 0. The molecule has 0 spiro atoms. The van der Waals surface area contributed by atoms with Gasteiger partial charge in [0.25, 0.3) is 11.8 Å². The largest absolute Gasteiger partial charge is 0.428 e. The SMILES string of the molecule is Cc1nc(C(=O)CCCCCCc2ccccc2)oc1C(N)=O. The fourth-order valence-corrected chi connectivity index (χ4v) is 2.46. The molecule has 0 fully saturated rings. The first-order valence-electron chi connectivity index (χ1n) is 7.92. The van der Waals surface area contributed by atoms with Crippen molar-refractivity contribution in [2.75, 3.05) is 0 Å². The number of nitrogens with two attached hydrogens (primary N) is 1. The fourth-order valence-electron chi connectivity index (χ4n) is 2.46. The average Bonchev–Trinajstić information content (AvgIpc) is 2.94. The van der Waals surface area contributed by atoms with E-state index in [4.69, 9.17) is 10.2 Å². The molecule has 0 atom stereocenters. The van der Waals surface area contributed by atoms with Crippen LogP contribution in [0.3, 0.4) is 0 Å². The van der Waals surface area contributed by atoms with Crippen molar-refractivity contribution < 1.29 is 14.0 Å². The van der Waals surface area contributed by atoms with Crippen molar-refractivity contribution >= 4 is 11.7 Å². The van der Waals surface area contributed by atoms with E-state index in [1.165, 1.54) is 5.56 Å². The van der Waals surface area contributed by atoms with Gasteiger partial charge < -0.3 is 10.2 Å². The minimum Gasteiger partial charge on any atom is -0.428 e. The van der Waals surface area contributed by atoms with Crippen LogP contribution in [0.1, 0.15) is 64.6 Å². The van der Waals surface area contributed by atoms with Gasteiger partial charge in [-0.05, 0) is 31.7 Å². The van der Waals surface area contributed by atoms with E-state index in [2.05, 4.69) is 17.1 Å². The molecule has 2 N–H and O–H groups in total. The second kappa shape index (κ2) is 8.27. The zero-order valence-electron chi connectivity index (χ0n) is 13.4. The maximum Gasteiger partial charge on any atom is 0.286 e. The Hall–Kier alpha value is -2.43. The summed E-state index contributed by atoms with van der Waals surface area (Å²) in [4.78, 5) is 27.0. The van der Waals surface area contributed by atoms with Crippen molar-refractivity contribution in [3.8, 4) is 0 Å². The van der Waals surface area contributed by atoms with Crippen LogP contribution in [0.5, 0.6) is 0 Å². The molecule has 0 aliphatic heterocycles. The smallest absolute Gasteiger partial charge is 0.286 e. The van der Waals surface area contributed by atoms with E-state index < -0.39 is 5.91 Å². The number of aryl methyl sites for hydroxylation is 2. The maximum absolute atomic E-state index is 12.0. The molecule has 0 radical (unpaired) electrons. The Morgan fingerprint density at radius 2 is 1.78 bits per heavy atom. The molecule has 1 amide bonds. The molecular formula is C18H22N2O3. The third kappa shape index (κ3) is 5.06. The lowest BCUT2D eigenvalue weighted by Crippen LogP contribution is -2.11.